The largest absolute Gasteiger partial charge is 0.508 e. The minimum atomic E-state index is -5.74. The van der Waals surface area contributed by atoms with E-state index in [1.54, 1.807) is 0 Å². The van der Waals surface area contributed by atoms with Crippen LogP contribution in [0, 0.1) is 0 Å². The number of rotatable bonds is 2. The molecule has 0 aliphatic carbocycles. The van der Waals surface area contributed by atoms with Crippen molar-refractivity contribution in [1.82, 2.24) is 4.98 Å². The van der Waals surface area contributed by atoms with E-state index in [1.807, 2.05) is 0 Å². The fraction of sp³-hybridized carbons (Fsp3) is 0.214. The van der Waals surface area contributed by atoms with Crippen LogP contribution in [0.3, 0.4) is 0 Å². The molecular formula is C14H9F6NO2. The number of nitrogens with zero attached hydrogens (tertiary/aromatic N) is 1. The minimum absolute atomic E-state index is 0.323. The molecular weight excluding hydrogens is 328 g/mol. The van der Waals surface area contributed by atoms with Gasteiger partial charge in [0.25, 0.3) is 0 Å². The Labute approximate surface area is 125 Å². The lowest BCUT2D eigenvalue weighted by Gasteiger charge is -2.38. The highest BCUT2D eigenvalue weighted by Crippen LogP contribution is 2.56. The predicted molar refractivity (Wildman–Crippen MR) is 66.9 cm³/mol. The van der Waals surface area contributed by atoms with E-state index in [4.69, 9.17) is 10.2 Å². The van der Waals surface area contributed by atoms with Crippen molar-refractivity contribution >= 4 is 0 Å². The van der Waals surface area contributed by atoms with E-state index in [0.717, 1.165) is 12.1 Å². The molecule has 0 unspecified atom stereocenters. The van der Waals surface area contributed by atoms with Crippen LogP contribution >= 0.6 is 0 Å². The molecule has 0 amide bonds. The average Bonchev–Trinajstić information content (AvgIpc) is 2.40. The molecule has 0 radical (unpaired) electrons. The van der Waals surface area contributed by atoms with E-state index in [2.05, 4.69) is 4.98 Å². The smallest absolute Gasteiger partial charge is 0.411 e. The summed E-state index contributed by atoms with van der Waals surface area (Å²) in [6, 6.07) is 3.70. The lowest BCUT2D eigenvalue weighted by atomic mass is 9.73. The van der Waals surface area contributed by atoms with Gasteiger partial charge in [0.2, 0.25) is 11.3 Å². The summed E-state index contributed by atoms with van der Waals surface area (Å²) < 4.78 is 81.4. The summed E-state index contributed by atoms with van der Waals surface area (Å²) in [6.45, 7) is 0. The van der Waals surface area contributed by atoms with Crippen molar-refractivity contribution in [2.24, 2.45) is 0 Å². The third kappa shape index (κ3) is 2.66. The molecule has 124 valence electrons. The molecule has 0 fully saturated rings. The van der Waals surface area contributed by atoms with Gasteiger partial charge in [-0.3, -0.25) is 0 Å². The highest BCUT2D eigenvalue weighted by atomic mass is 19.4. The molecule has 0 aliphatic rings. The zero-order chi connectivity index (χ0) is 17.5. The van der Waals surface area contributed by atoms with Crippen molar-refractivity contribution in [2.45, 2.75) is 17.8 Å². The van der Waals surface area contributed by atoms with E-state index in [0.29, 0.717) is 30.5 Å². The molecule has 2 rings (SSSR count). The predicted octanol–water partition coefficient (Wildman–Crippen LogP) is 3.90. The van der Waals surface area contributed by atoms with Crippen molar-refractivity contribution < 1.29 is 36.6 Å². The molecule has 0 bridgehead atoms. The van der Waals surface area contributed by atoms with Gasteiger partial charge in [-0.05, 0) is 23.3 Å². The van der Waals surface area contributed by atoms with Crippen LogP contribution in [-0.4, -0.2) is 27.5 Å². The molecule has 0 saturated heterocycles. The van der Waals surface area contributed by atoms with Gasteiger partial charge in [0.15, 0.2) is 0 Å². The molecule has 1 aromatic heterocycles. The molecule has 0 aliphatic heterocycles. The standard InChI is InChI=1S/C14H9F6NO2/c15-13(16,17)12(14(18,19)20,8-1-4-10(22)5-2-8)9-3-6-11(23)21-7-9/h1-7,22H,(H,21,23). The second kappa shape index (κ2) is 5.32. The van der Waals surface area contributed by atoms with Gasteiger partial charge < -0.3 is 10.2 Å². The fourth-order valence-electron chi connectivity index (χ4n) is 2.30. The van der Waals surface area contributed by atoms with Crippen LogP contribution in [0.2, 0.25) is 0 Å². The Kier molecular flexibility index (Phi) is 3.91. The van der Waals surface area contributed by atoms with Crippen LogP contribution in [0.5, 0.6) is 11.6 Å². The number of pyridine rings is 1. The maximum Gasteiger partial charge on any atom is 0.411 e. The zero-order valence-corrected chi connectivity index (χ0v) is 11.2. The van der Waals surface area contributed by atoms with E-state index < -0.39 is 40.5 Å². The third-order valence-electron chi connectivity index (χ3n) is 3.33. The molecule has 9 heteroatoms. The van der Waals surface area contributed by atoms with Gasteiger partial charge in [0.1, 0.15) is 5.75 Å². The monoisotopic (exact) mass is 337 g/mol. The van der Waals surface area contributed by atoms with Crippen LogP contribution in [0.25, 0.3) is 0 Å². The molecule has 2 N–H and O–H groups in total. The molecule has 0 spiro atoms. The summed E-state index contributed by atoms with van der Waals surface area (Å²) in [6.07, 6.45) is -11.1. The van der Waals surface area contributed by atoms with Gasteiger partial charge in [-0.15, -0.1) is 0 Å². The molecule has 0 atom stereocenters. The number of halogens is 6. The van der Waals surface area contributed by atoms with Crippen LogP contribution in [0.15, 0.2) is 42.6 Å². The van der Waals surface area contributed by atoms with Crippen LogP contribution in [0.4, 0.5) is 26.3 Å². The number of benzene rings is 1. The molecule has 1 aromatic carbocycles. The minimum Gasteiger partial charge on any atom is -0.508 e. The van der Waals surface area contributed by atoms with Crippen LogP contribution in [0.1, 0.15) is 11.1 Å². The first-order valence-corrected chi connectivity index (χ1v) is 6.08. The first-order chi connectivity index (χ1) is 10.5. The number of phenolic OH excluding ortho intramolecular Hbond substituents is 1. The Morgan fingerprint density at radius 3 is 1.57 bits per heavy atom. The summed E-state index contributed by atoms with van der Waals surface area (Å²) in [5.41, 5.74) is -6.65. The number of phenols is 1. The molecule has 1 heterocycles. The van der Waals surface area contributed by atoms with Crippen LogP contribution < -0.4 is 0 Å². The Morgan fingerprint density at radius 2 is 1.17 bits per heavy atom. The van der Waals surface area contributed by atoms with Gasteiger partial charge in [-0.1, -0.05) is 18.2 Å². The van der Waals surface area contributed by atoms with E-state index in [1.165, 1.54) is 0 Å². The first kappa shape index (κ1) is 16.9. The van der Waals surface area contributed by atoms with Gasteiger partial charge in [-0.2, -0.15) is 26.3 Å². The zero-order valence-electron chi connectivity index (χ0n) is 11.2. The number of aromatic nitrogens is 1. The summed E-state index contributed by atoms with van der Waals surface area (Å²) in [5.74, 6) is -1.19. The quantitative estimate of drug-likeness (QED) is 0.817. The molecule has 23 heavy (non-hydrogen) atoms. The van der Waals surface area contributed by atoms with E-state index in [-0.39, 0.29) is 0 Å². The molecule has 3 nitrogen and oxygen atoms in total. The summed E-state index contributed by atoms with van der Waals surface area (Å²) >= 11 is 0. The van der Waals surface area contributed by atoms with Crippen molar-refractivity contribution in [3.05, 3.63) is 53.7 Å². The third-order valence-corrected chi connectivity index (χ3v) is 3.33. The van der Waals surface area contributed by atoms with Gasteiger partial charge in [-0.25, -0.2) is 4.98 Å². The second-order valence-corrected chi connectivity index (χ2v) is 4.70. The normalized spacial score (nSPS) is 13.1. The van der Waals surface area contributed by atoms with Crippen molar-refractivity contribution in [3.63, 3.8) is 0 Å². The van der Waals surface area contributed by atoms with Gasteiger partial charge in [0, 0.05) is 12.3 Å². The van der Waals surface area contributed by atoms with E-state index in [9.17, 15) is 26.3 Å². The summed E-state index contributed by atoms with van der Waals surface area (Å²) in [4.78, 5) is 3.12. The number of alkyl halides is 6. The van der Waals surface area contributed by atoms with Crippen molar-refractivity contribution in [2.75, 3.05) is 0 Å². The maximum absolute atomic E-state index is 13.6. The maximum atomic E-state index is 13.6. The van der Waals surface area contributed by atoms with Gasteiger partial charge >= 0.3 is 12.4 Å². The summed E-state index contributed by atoms with van der Waals surface area (Å²) in [5, 5.41) is 18.2. The molecule has 2 aromatic rings. The lowest BCUT2D eigenvalue weighted by Crippen LogP contribution is -2.54. The topological polar surface area (TPSA) is 53.4 Å². The molecule has 0 saturated carbocycles. The summed E-state index contributed by atoms with van der Waals surface area (Å²) in [7, 11) is 0. The Bertz CT molecular complexity index is 615. The Balaban J connectivity index is 2.86. The lowest BCUT2D eigenvalue weighted by molar-refractivity contribution is -0.288. The first-order valence-electron chi connectivity index (χ1n) is 6.08. The van der Waals surface area contributed by atoms with Crippen LogP contribution in [-0.2, 0) is 5.41 Å². The van der Waals surface area contributed by atoms with Crippen molar-refractivity contribution in [1.29, 1.82) is 0 Å². The highest BCUT2D eigenvalue weighted by molar-refractivity contribution is 5.45. The Morgan fingerprint density at radius 1 is 0.696 bits per heavy atom. The van der Waals surface area contributed by atoms with E-state index >= 15 is 0 Å². The second-order valence-electron chi connectivity index (χ2n) is 4.70. The number of hydrogen-bond acceptors (Lipinski definition) is 3. The highest BCUT2D eigenvalue weighted by Gasteiger charge is 2.72. The Hall–Kier alpha value is -2.45. The van der Waals surface area contributed by atoms with Crippen molar-refractivity contribution in [3.8, 4) is 11.6 Å². The van der Waals surface area contributed by atoms with Gasteiger partial charge in [0.05, 0.1) is 0 Å². The number of hydrogen-bond donors (Lipinski definition) is 2. The SMILES string of the molecule is Oc1ccc(C(c2ccc(O)nc2)(C(F)(F)F)C(F)(F)F)cc1. The fourth-order valence-corrected chi connectivity index (χ4v) is 2.30. The number of aromatic hydroxyl groups is 2. The average molecular weight is 337 g/mol.